The second kappa shape index (κ2) is 5.37. The predicted molar refractivity (Wildman–Crippen MR) is 77.2 cm³/mol. The Morgan fingerprint density at radius 1 is 0.750 bits per heavy atom. The standard InChI is InChI=1S/C12H16N2S2/c1-13(2)11(15)9-5-7-10(8-6-9)12(16)14(3)4/h5-8H,1-4H3. The molecule has 0 N–H and O–H groups in total. The molecule has 0 aliphatic carbocycles. The molecule has 2 nitrogen and oxygen atoms in total. The molecule has 86 valence electrons. The fourth-order valence-corrected chi connectivity index (χ4v) is 1.54. The van der Waals surface area contributed by atoms with Crippen LogP contribution in [0.4, 0.5) is 0 Å². The van der Waals surface area contributed by atoms with E-state index in [9.17, 15) is 0 Å². The van der Waals surface area contributed by atoms with E-state index in [4.69, 9.17) is 24.4 Å². The van der Waals surface area contributed by atoms with Crippen LogP contribution in [0.5, 0.6) is 0 Å². The molecule has 16 heavy (non-hydrogen) atoms. The summed E-state index contributed by atoms with van der Waals surface area (Å²) in [4.78, 5) is 5.52. The molecule has 0 spiro atoms. The van der Waals surface area contributed by atoms with Crippen molar-refractivity contribution >= 4 is 34.4 Å². The first-order valence-corrected chi connectivity index (χ1v) is 5.78. The molecule has 0 bridgehead atoms. The van der Waals surface area contributed by atoms with Crippen molar-refractivity contribution < 1.29 is 0 Å². The first-order chi connectivity index (χ1) is 7.43. The topological polar surface area (TPSA) is 6.48 Å². The summed E-state index contributed by atoms with van der Waals surface area (Å²) in [7, 11) is 7.78. The Balaban J connectivity index is 2.92. The highest BCUT2D eigenvalue weighted by atomic mass is 32.1. The Hall–Kier alpha value is -1.00. The van der Waals surface area contributed by atoms with E-state index in [-0.39, 0.29) is 0 Å². The van der Waals surface area contributed by atoms with E-state index in [0.717, 1.165) is 21.1 Å². The van der Waals surface area contributed by atoms with Gasteiger partial charge in [0.2, 0.25) is 0 Å². The van der Waals surface area contributed by atoms with E-state index < -0.39 is 0 Å². The zero-order valence-electron chi connectivity index (χ0n) is 10.0. The fraction of sp³-hybridized carbons (Fsp3) is 0.333. The van der Waals surface area contributed by atoms with E-state index in [0.29, 0.717) is 0 Å². The lowest BCUT2D eigenvalue weighted by atomic mass is 10.1. The van der Waals surface area contributed by atoms with Gasteiger partial charge in [-0.25, -0.2) is 0 Å². The van der Waals surface area contributed by atoms with Crippen molar-refractivity contribution in [2.45, 2.75) is 0 Å². The summed E-state index contributed by atoms with van der Waals surface area (Å²) in [6, 6.07) is 8.03. The molecule has 0 aliphatic rings. The van der Waals surface area contributed by atoms with Crippen molar-refractivity contribution in [3.8, 4) is 0 Å². The summed E-state index contributed by atoms with van der Waals surface area (Å²) >= 11 is 10.6. The molecule has 0 radical (unpaired) electrons. The van der Waals surface area contributed by atoms with Gasteiger partial charge in [-0.05, 0) is 0 Å². The van der Waals surface area contributed by atoms with Gasteiger partial charge in [-0.1, -0.05) is 48.7 Å². The highest BCUT2D eigenvalue weighted by molar-refractivity contribution is 7.81. The third kappa shape index (κ3) is 3.00. The summed E-state index contributed by atoms with van der Waals surface area (Å²) < 4.78 is 0. The van der Waals surface area contributed by atoms with E-state index in [1.807, 2.05) is 62.3 Å². The van der Waals surface area contributed by atoms with Gasteiger partial charge < -0.3 is 9.80 Å². The number of hydrogen-bond acceptors (Lipinski definition) is 2. The molecule has 1 aromatic carbocycles. The van der Waals surface area contributed by atoms with Gasteiger partial charge >= 0.3 is 0 Å². The molecule has 0 saturated carbocycles. The molecule has 0 aliphatic heterocycles. The molecule has 1 rings (SSSR count). The van der Waals surface area contributed by atoms with E-state index in [1.165, 1.54) is 0 Å². The number of hydrogen-bond donors (Lipinski definition) is 0. The molecule has 1 aromatic rings. The van der Waals surface area contributed by atoms with Gasteiger partial charge in [0.05, 0.1) is 0 Å². The quantitative estimate of drug-likeness (QED) is 0.744. The monoisotopic (exact) mass is 252 g/mol. The Kier molecular flexibility index (Phi) is 4.38. The van der Waals surface area contributed by atoms with Gasteiger partial charge in [0, 0.05) is 39.3 Å². The maximum absolute atomic E-state index is 5.29. The van der Waals surface area contributed by atoms with Gasteiger partial charge in [-0.15, -0.1) is 0 Å². The SMILES string of the molecule is CN(C)C(=S)c1ccc(C(=S)N(C)C)cc1. The van der Waals surface area contributed by atoms with Crippen LogP contribution in [0.15, 0.2) is 24.3 Å². The van der Waals surface area contributed by atoms with Crippen LogP contribution in [-0.4, -0.2) is 48.0 Å². The Morgan fingerprint density at radius 3 is 1.19 bits per heavy atom. The lowest BCUT2D eigenvalue weighted by molar-refractivity contribution is 0.635. The average Bonchev–Trinajstić information content (AvgIpc) is 2.27. The van der Waals surface area contributed by atoms with Crippen molar-refractivity contribution in [1.29, 1.82) is 0 Å². The Morgan fingerprint density at radius 2 is 1.00 bits per heavy atom. The van der Waals surface area contributed by atoms with Crippen LogP contribution in [0.3, 0.4) is 0 Å². The van der Waals surface area contributed by atoms with Gasteiger partial charge in [0.1, 0.15) is 9.98 Å². The second-order valence-corrected chi connectivity index (χ2v) is 4.75. The van der Waals surface area contributed by atoms with E-state index >= 15 is 0 Å². The van der Waals surface area contributed by atoms with Crippen molar-refractivity contribution in [1.82, 2.24) is 9.80 Å². The zero-order chi connectivity index (χ0) is 12.3. The number of benzene rings is 1. The molecule has 0 amide bonds. The van der Waals surface area contributed by atoms with Crippen molar-refractivity contribution in [3.05, 3.63) is 35.4 Å². The van der Waals surface area contributed by atoms with Crippen LogP contribution in [0, 0.1) is 0 Å². The fourth-order valence-electron chi connectivity index (χ4n) is 1.27. The number of nitrogens with zero attached hydrogens (tertiary/aromatic N) is 2. The van der Waals surface area contributed by atoms with Crippen molar-refractivity contribution in [3.63, 3.8) is 0 Å². The summed E-state index contributed by atoms with van der Waals surface area (Å²) in [5.74, 6) is 0. The molecule has 0 heterocycles. The van der Waals surface area contributed by atoms with Gasteiger partial charge in [-0.3, -0.25) is 0 Å². The number of rotatable bonds is 2. The van der Waals surface area contributed by atoms with Crippen LogP contribution in [0.2, 0.25) is 0 Å². The minimum absolute atomic E-state index is 0.835. The van der Waals surface area contributed by atoms with Crippen LogP contribution < -0.4 is 0 Å². The summed E-state index contributed by atoms with van der Waals surface area (Å²) in [6.45, 7) is 0. The molecule has 0 atom stereocenters. The van der Waals surface area contributed by atoms with Gasteiger partial charge in [-0.2, -0.15) is 0 Å². The first-order valence-electron chi connectivity index (χ1n) is 4.97. The lowest BCUT2D eigenvalue weighted by Gasteiger charge is -2.16. The van der Waals surface area contributed by atoms with Crippen LogP contribution >= 0.6 is 24.4 Å². The van der Waals surface area contributed by atoms with Crippen molar-refractivity contribution in [2.75, 3.05) is 28.2 Å². The molecular formula is C12H16N2S2. The molecule has 4 heteroatoms. The Bertz CT molecular complexity index is 355. The maximum Gasteiger partial charge on any atom is 0.108 e. The number of thiocarbonyl (C=S) groups is 2. The predicted octanol–water partition coefficient (Wildman–Crippen LogP) is 2.16. The van der Waals surface area contributed by atoms with Gasteiger partial charge in [0.25, 0.3) is 0 Å². The summed E-state index contributed by atoms with van der Waals surface area (Å²) in [5, 5.41) is 0. The minimum atomic E-state index is 0.835. The smallest absolute Gasteiger partial charge is 0.108 e. The zero-order valence-corrected chi connectivity index (χ0v) is 11.7. The normalized spacial score (nSPS) is 9.75. The average molecular weight is 252 g/mol. The van der Waals surface area contributed by atoms with E-state index in [2.05, 4.69) is 0 Å². The lowest BCUT2D eigenvalue weighted by Crippen LogP contribution is -2.22. The van der Waals surface area contributed by atoms with Crippen molar-refractivity contribution in [2.24, 2.45) is 0 Å². The first kappa shape index (κ1) is 13.1. The largest absolute Gasteiger partial charge is 0.368 e. The minimum Gasteiger partial charge on any atom is -0.368 e. The second-order valence-electron chi connectivity index (χ2n) is 3.98. The van der Waals surface area contributed by atoms with E-state index in [1.54, 1.807) is 0 Å². The van der Waals surface area contributed by atoms with Crippen LogP contribution in [0.1, 0.15) is 11.1 Å². The summed E-state index contributed by atoms with van der Waals surface area (Å²) in [6.07, 6.45) is 0. The third-order valence-electron chi connectivity index (χ3n) is 2.19. The summed E-state index contributed by atoms with van der Waals surface area (Å²) in [5.41, 5.74) is 2.09. The highest BCUT2D eigenvalue weighted by Gasteiger charge is 2.06. The molecular weight excluding hydrogens is 236 g/mol. The third-order valence-corrected chi connectivity index (χ3v) is 3.39. The highest BCUT2D eigenvalue weighted by Crippen LogP contribution is 2.09. The van der Waals surface area contributed by atoms with Crippen LogP contribution in [-0.2, 0) is 0 Å². The molecule has 0 aromatic heterocycles. The molecule has 0 unspecified atom stereocenters. The molecule has 0 fully saturated rings. The molecule has 0 saturated heterocycles. The van der Waals surface area contributed by atoms with Crippen LogP contribution in [0.25, 0.3) is 0 Å². The van der Waals surface area contributed by atoms with Gasteiger partial charge in [0.15, 0.2) is 0 Å². The maximum atomic E-state index is 5.29. The Labute approximate surface area is 108 Å².